The Hall–Kier alpha value is -2.81. The summed E-state index contributed by atoms with van der Waals surface area (Å²) in [6, 6.07) is 9.12. The molecule has 190 valence electrons. The molecule has 36 heavy (non-hydrogen) atoms. The van der Waals surface area contributed by atoms with Crippen LogP contribution in [0.3, 0.4) is 0 Å². The van der Waals surface area contributed by atoms with Gasteiger partial charge in [-0.3, -0.25) is 0 Å². The van der Waals surface area contributed by atoms with Crippen molar-refractivity contribution in [3.8, 4) is 5.69 Å². The molecule has 0 fully saturated rings. The van der Waals surface area contributed by atoms with Crippen LogP contribution in [-0.2, 0) is 22.5 Å². The molecule has 4 aromatic rings. The molecule has 2 aromatic heterocycles. The highest BCUT2D eigenvalue weighted by atomic mass is 35.5. The maximum atomic E-state index is 14.9. The number of fused-ring (bicyclic) bond motifs is 1. The van der Waals surface area contributed by atoms with Crippen LogP contribution in [0.15, 0.2) is 36.4 Å². The summed E-state index contributed by atoms with van der Waals surface area (Å²) in [6.45, 7) is 9.57. The zero-order chi connectivity index (χ0) is 26.2. The zero-order valence-corrected chi connectivity index (χ0v) is 22.3. The largest absolute Gasteiger partial charge is 0.462 e. The molecule has 0 spiro atoms. The number of ether oxygens (including phenoxy) is 2. The minimum absolute atomic E-state index is 0.109. The summed E-state index contributed by atoms with van der Waals surface area (Å²) in [4.78, 5) is 13.6. The lowest BCUT2D eigenvalue weighted by Crippen LogP contribution is -2.21. The van der Waals surface area contributed by atoms with Gasteiger partial charge in [0.05, 0.1) is 40.6 Å². The van der Waals surface area contributed by atoms with Crippen LogP contribution in [0, 0.1) is 18.6 Å². The van der Waals surface area contributed by atoms with Gasteiger partial charge in [0.2, 0.25) is 0 Å². The number of aromatic nitrogens is 2. The van der Waals surface area contributed by atoms with Gasteiger partial charge in [0.25, 0.3) is 0 Å². The summed E-state index contributed by atoms with van der Waals surface area (Å²) >= 11 is 7.39. The number of benzene rings is 2. The van der Waals surface area contributed by atoms with Crippen LogP contribution in [0.2, 0.25) is 5.02 Å². The Kier molecular flexibility index (Phi) is 7.50. The normalized spacial score (nSPS) is 11.9. The molecule has 0 amide bonds. The first-order valence-electron chi connectivity index (χ1n) is 11.5. The fraction of sp³-hybridized carbons (Fsp3) is 0.333. The molecule has 9 heteroatoms. The van der Waals surface area contributed by atoms with Crippen LogP contribution in [0.1, 0.15) is 59.9 Å². The molecule has 2 heterocycles. The average molecular weight is 533 g/mol. The second-order valence-corrected chi connectivity index (χ2v) is 11.0. The van der Waals surface area contributed by atoms with E-state index in [9.17, 15) is 13.6 Å². The Morgan fingerprint density at radius 3 is 2.58 bits per heavy atom. The number of esters is 1. The molecule has 4 rings (SSSR count). The molecule has 0 N–H and O–H groups in total. The fourth-order valence-corrected chi connectivity index (χ4v) is 5.40. The molecule has 0 radical (unpaired) electrons. The average Bonchev–Trinajstić information content (AvgIpc) is 3.33. The van der Waals surface area contributed by atoms with E-state index in [0.717, 1.165) is 4.88 Å². The Labute approximate surface area is 217 Å². The molecular weight excluding hydrogens is 506 g/mol. The number of hydrogen-bond acceptors (Lipinski definition) is 5. The number of nitrogens with zero attached hydrogens (tertiary/aromatic N) is 2. The first-order valence-corrected chi connectivity index (χ1v) is 12.7. The van der Waals surface area contributed by atoms with Crippen molar-refractivity contribution in [3.63, 3.8) is 0 Å². The SMILES string of the molecule is CCOC(=O)c1c(C)nn(-c2ccc(F)c3cc(Cc4cc(F)cc(Cl)c4)sc23)c1COC(C)(C)C. The molecule has 0 saturated carbocycles. The molecule has 0 aliphatic carbocycles. The van der Waals surface area contributed by atoms with E-state index >= 15 is 0 Å². The van der Waals surface area contributed by atoms with Crippen molar-refractivity contribution in [1.29, 1.82) is 0 Å². The van der Waals surface area contributed by atoms with Crippen LogP contribution in [-0.4, -0.2) is 28.0 Å². The Morgan fingerprint density at radius 1 is 1.17 bits per heavy atom. The first-order chi connectivity index (χ1) is 17.0. The number of aryl methyl sites for hydroxylation is 1. The van der Waals surface area contributed by atoms with Gasteiger partial charge in [0, 0.05) is 21.7 Å². The molecule has 0 unspecified atom stereocenters. The van der Waals surface area contributed by atoms with Gasteiger partial charge >= 0.3 is 5.97 Å². The molecule has 5 nitrogen and oxygen atoms in total. The van der Waals surface area contributed by atoms with E-state index in [1.165, 1.54) is 29.5 Å². The number of carbonyl (C=O) groups excluding carboxylic acids is 1. The molecular formula is C27H27ClF2N2O3S. The number of carbonyl (C=O) groups is 1. The van der Waals surface area contributed by atoms with Crippen molar-refractivity contribution in [1.82, 2.24) is 9.78 Å². The van der Waals surface area contributed by atoms with Crippen molar-refractivity contribution in [2.45, 2.75) is 53.2 Å². The molecule has 0 aliphatic heterocycles. The summed E-state index contributed by atoms with van der Waals surface area (Å²) in [5, 5.41) is 5.36. The van der Waals surface area contributed by atoms with E-state index in [2.05, 4.69) is 5.10 Å². The molecule has 2 aromatic carbocycles. The Balaban J connectivity index is 1.84. The quantitative estimate of drug-likeness (QED) is 0.232. The Morgan fingerprint density at radius 2 is 1.92 bits per heavy atom. The predicted molar refractivity (Wildman–Crippen MR) is 138 cm³/mol. The lowest BCUT2D eigenvalue weighted by atomic mass is 10.1. The lowest BCUT2D eigenvalue weighted by Gasteiger charge is -2.20. The zero-order valence-electron chi connectivity index (χ0n) is 20.7. The maximum Gasteiger partial charge on any atom is 0.342 e. The maximum absolute atomic E-state index is 14.9. The van der Waals surface area contributed by atoms with Gasteiger partial charge in [-0.05, 0) is 76.6 Å². The fourth-order valence-electron chi connectivity index (χ4n) is 3.96. The van der Waals surface area contributed by atoms with Gasteiger partial charge in [-0.1, -0.05) is 11.6 Å². The minimum Gasteiger partial charge on any atom is -0.462 e. The monoisotopic (exact) mass is 532 g/mol. The minimum atomic E-state index is -0.484. The van der Waals surface area contributed by atoms with Gasteiger partial charge < -0.3 is 9.47 Å². The van der Waals surface area contributed by atoms with Crippen LogP contribution in [0.5, 0.6) is 0 Å². The predicted octanol–water partition coefficient (Wildman–Crippen LogP) is 7.41. The van der Waals surface area contributed by atoms with Crippen molar-refractivity contribution < 1.29 is 23.0 Å². The van der Waals surface area contributed by atoms with Gasteiger partial charge in [-0.15, -0.1) is 11.3 Å². The summed E-state index contributed by atoms with van der Waals surface area (Å²) in [7, 11) is 0. The van der Waals surface area contributed by atoms with Crippen molar-refractivity contribution in [3.05, 3.63) is 80.4 Å². The van der Waals surface area contributed by atoms with Gasteiger partial charge in [-0.25, -0.2) is 18.3 Å². The van der Waals surface area contributed by atoms with E-state index in [1.54, 1.807) is 36.7 Å². The standard InChI is InChI=1S/C27H27ClF2N2O3S/c1-6-34-26(33)24-15(2)31-32(23(24)14-35-27(3,4)5)22-8-7-21(30)20-13-19(36-25(20)22)11-16-9-17(28)12-18(29)10-16/h7-10,12-13H,6,11,14H2,1-5H3. The number of rotatable bonds is 7. The van der Waals surface area contributed by atoms with Crippen molar-refractivity contribution in [2.24, 2.45) is 0 Å². The van der Waals surface area contributed by atoms with E-state index in [0.29, 0.717) is 49.7 Å². The number of halogens is 3. The third-order valence-electron chi connectivity index (χ3n) is 5.47. The second kappa shape index (κ2) is 10.3. The third kappa shape index (κ3) is 5.61. The number of thiophene rings is 1. The van der Waals surface area contributed by atoms with E-state index in [1.807, 2.05) is 20.8 Å². The Bertz CT molecular complexity index is 1420. The number of hydrogen-bond donors (Lipinski definition) is 0. The van der Waals surface area contributed by atoms with Crippen LogP contribution >= 0.6 is 22.9 Å². The summed E-state index contributed by atoms with van der Waals surface area (Å²) in [5.74, 6) is -1.29. The summed E-state index contributed by atoms with van der Waals surface area (Å²) < 4.78 is 42.3. The van der Waals surface area contributed by atoms with Crippen molar-refractivity contribution in [2.75, 3.05) is 6.61 Å². The van der Waals surface area contributed by atoms with Crippen LogP contribution < -0.4 is 0 Å². The van der Waals surface area contributed by atoms with E-state index in [4.69, 9.17) is 21.1 Å². The second-order valence-electron chi connectivity index (χ2n) is 9.42. The van der Waals surface area contributed by atoms with Crippen LogP contribution in [0.4, 0.5) is 8.78 Å². The molecule has 0 aliphatic rings. The highest BCUT2D eigenvalue weighted by Gasteiger charge is 2.26. The van der Waals surface area contributed by atoms with Crippen molar-refractivity contribution >= 4 is 39.0 Å². The van der Waals surface area contributed by atoms with Gasteiger partial charge in [-0.2, -0.15) is 5.10 Å². The summed E-state index contributed by atoms with van der Waals surface area (Å²) in [6.07, 6.45) is 0.391. The van der Waals surface area contributed by atoms with E-state index < -0.39 is 17.4 Å². The topological polar surface area (TPSA) is 53.3 Å². The van der Waals surface area contributed by atoms with E-state index in [-0.39, 0.29) is 19.0 Å². The molecule has 0 saturated heterocycles. The van der Waals surface area contributed by atoms with Crippen LogP contribution in [0.25, 0.3) is 15.8 Å². The summed E-state index contributed by atoms with van der Waals surface area (Å²) in [5.41, 5.74) is 2.20. The molecule has 0 bridgehead atoms. The third-order valence-corrected chi connectivity index (χ3v) is 6.84. The first kappa shape index (κ1) is 26.3. The molecule has 0 atom stereocenters. The lowest BCUT2D eigenvalue weighted by molar-refractivity contribution is -0.0178. The smallest absolute Gasteiger partial charge is 0.342 e. The van der Waals surface area contributed by atoms with Gasteiger partial charge in [0.15, 0.2) is 0 Å². The highest BCUT2D eigenvalue weighted by molar-refractivity contribution is 7.19. The van der Waals surface area contributed by atoms with Gasteiger partial charge in [0.1, 0.15) is 17.2 Å². The highest BCUT2D eigenvalue weighted by Crippen LogP contribution is 2.36.